The summed E-state index contributed by atoms with van der Waals surface area (Å²) in [6.07, 6.45) is 1.08. The van der Waals surface area contributed by atoms with Crippen molar-refractivity contribution >= 4 is 5.91 Å². The summed E-state index contributed by atoms with van der Waals surface area (Å²) in [5.41, 5.74) is 2.08. The largest absolute Gasteiger partial charge is 0.348 e. The van der Waals surface area contributed by atoms with E-state index >= 15 is 0 Å². The van der Waals surface area contributed by atoms with Crippen molar-refractivity contribution in [1.82, 2.24) is 35.3 Å². The molecule has 2 aromatic carbocycles. The summed E-state index contributed by atoms with van der Waals surface area (Å²) in [5, 5.41) is 15.9. The fourth-order valence-corrected chi connectivity index (χ4v) is 3.90. The molecule has 1 unspecified atom stereocenters. The van der Waals surface area contributed by atoms with Crippen LogP contribution >= 0.6 is 0 Å². The van der Waals surface area contributed by atoms with E-state index in [1.807, 2.05) is 48.5 Å². The number of carbonyl (C=O) groups excluding carboxylic acids is 1. The van der Waals surface area contributed by atoms with Crippen LogP contribution in [0.1, 0.15) is 24.4 Å². The van der Waals surface area contributed by atoms with Crippen LogP contribution in [0.5, 0.6) is 0 Å². The predicted octanol–water partition coefficient (Wildman–Crippen LogP) is 2.23. The van der Waals surface area contributed by atoms with E-state index in [-0.39, 0.29) is 11.9 Å². The van der Waals surface area contributed by atoms with Crippen LogP contribution in [0.4, 0.5) is 0 Å². The molecule has 1 fully saturated rings. The van der Waals surface area contributed by atoms with Crippen LogP contribution < -0.4 is 5.32 Å². The molecular formula is C24H31N7O. The second kappa shape index (κ2) is 11.0. The van der Waals surface area contributed by atoms with Gasteiger partial charge in [-0.2, -0.15) is 4.80 Å². The minimum atomic E-state index is -0.0127. The van der Waals surface area contributed by atoms with E-state index in [9.17, 15) is 4.79 Å². The summed E-state index contributed by atoms with van der Waals surface area (Å²) in [4.78, 5) is 19.1. The van der Waals surface area contributed by atoms with Crippen molar-refractivity contribution in [2.45, 2.75) is 25.4 Å². The first kappa shape index (κ1) is 22.1. The van der Waals surface area contributed by atoms with Gasteiger partial charge >= 0.3 is 0 Å². The van der Waals surface area contributed by atoms with E-state index in [1.165, 1.54) is 0 Å². The summed E-state index contributed by atoms with van der Waals surface area (Å²) in [5.74, 6) is 0.655. The van der Waals surface area contributed by atoms with E-state index in [1.54, 1.807) is 4.80 Å². The SMILES string of the molecule is CN1CCN(CC(NC(=O)CCCn2nnc(-c3ccccc3)n2)c2ccccc2)CC1. The second-order valence-corrected chi connectivity index (χ2v) is 8.31. The zero-order chi connectivity index (χ0) is 22.2. The molecule has 0 aliphatic carbocycles. The molecule has 0 radical (unpaired) electrons. The van der Waals surface area contributed by atoms with Crippen molar-refractivity contribution in [1.29, 1.82) is 0 Å². The van der Waals surface area contributed by atoms with Crippen LogP contribution in [-0.2, 0) is 11.3 Å². The molecular weight excluding hydrogens is 402 g/mol. The maximum absolute atomic E-state index is 12.7. The first-order valence-corrected chi connectivity index (χ1v) is 11.3. The molecule has 8 nitrogen and oxygen atoms in total. The molecule has 1 atom stereocenters. The Labute approximate surface area is 189 Å². The average molecular weight is 434 g/mol. The molecule has 1 aromatic heterocycles. The quantitative estimate of drug-likeness (QED) is 0.558. The van der Waals surface area contributed by atoms with Gasteiger partial charge in [-0.1, -0.05) is 60.7 Å². The Bertz CT molecular complexity index is 968. The van der Waals surface area contributed by atoms with Crippen molar-refractivity contribution in [3.8, 4) is 11.4 Å². The van der Waals surface area contributed by atoms with Crippen molar-refractivity contribution in [2.24, 2.45) is 0 Å². The zero-order valence-corrected chi connectivity index (χ0v) is 18.6. The number of nitrogens with one attached hydrogen (secondary N) is 1. The van der Waals surface area contributed by atoms with Crippen LogP contribution in [0.25, 0.3) is 11.4 Å². The second-order valence-electron chi connectivity index (χ2n) is 8.31. The van der Waals surface area contributed by atoms with Crippen LogP contribution in [0.15, 0.2) is 60.7 Å². The van der Waals surface area contributed by atoms with Gasteiger partial charge in [0.15, 0.2) is 0 Å². The molecule has 1 N–H and O–H groups in total. The number of benzene rings is 2. The summed E-state index contributed by atoms with van der Waals surface area (Å²) >= 11 is 0. The lowest BCUT2D eigenvalue weighted by atomic mass is 10.1. The van der Waals surface area contributed by atoms with Gasteiger partial charge in [-0.3, -0.25) is 9.69 Å². The van der Waals surface area contributed by atoms with Gasteiger partial charge in [-0.05, 0) is 24.2 Å². The molecule has 1 amide bonds. The van der Waals surface area contributed by atoms with Gasteiger partial charge in [0.05, 0.1) is 12.6 Å². The Balaban J connectivity index is 1.29. The number of aromatic nitrogens is 4. The molecule has 0 spiro atoms. The molecule has 0 bridgehead atoms. The van der Waals surface area contributed by atoms with Gasteiger partial charge in [-0.15, -0.1) is 10.2 Å². The predicted molar refractivity (Wildman–Crippen MR) is 124 cm³/mol. The van der Waals surface area contributed by atoms with Crippen molar-refractivity contribution in [3.05, 3.63) is 66.2 Å². The highest BCUT2D eigenvalue weighted by Crippen LogP contribution is 2.16. The van der Waals surface area contributed by atoms with Crippen LogP contribution in [-0.4, -0.2) is 75.7 Å². The van der Waals surface area contributed by atoms with Gasteiger partial charge < -0.3 is 10.2 Å². The molecule has 0 saturated carbocycles. The normalized spacial score (nSPS) is 16.0. The van der Waals surface area contributed by atoms with E-state index in [0.717, 1.165) is 43.9 Å². The van der Waals surface area contributed by atoms with Crippen LogP contribution in [0.2, 0.25) is 0 Å². The number of likely N-dealkylation sites (N-methyl/N-ethyl adjacent to an activating group) is 1. The van der Waals surface area contributed by atoms with Gasteiger partial charge in [0.1, 0.15) is 0 Å². The number of hydrogen-bond donors (Lipinski definition) is 1. The third kappa shape index (κ3) is 6.21. The van der Waals surface area contributed by atoms with Crippen LogP contribution in [0.3, 0.4) is 0 Å². The van der Waals surface area contributed by atoms with Crippen molar-refractivity contribution in [3.63, 3.8) is 0 Å². The zero-order valence-electron chi connectivity index (χ0n) is 18.6. The van der Waals surface area contributed by atoms with Crippen molar-refractivity contribution < 1.29 is 4.79 Å². The Kier molecular flexibility index (Phi) is 7.58. The maximum Gasteiger partial charge on any atom is 0.220 e. The van der Waals surface area contributed by atoms with Gasteiger partial charge in [0.25, 0.3) is 0 Å². The van der Waals surface area contributed by atoms with E-state index in [0.29, 0.717) is 25.2 Å². The number of carbonyl (C=O) groups is 1. The van der Waals surface area contributed by atoms with Crippen molar-refractivity contribution in [2.75, 3.05) is 39.8 Å². The lowest BCUT2D eigenvalue weighted by Gasteiger charge is -2.35. The number of hydrogen-bond acceptors (Lipinski definition) is 6. The number of rotatable bonds is 9. The number of nitrogens with zero attached hydrogens (tertiary/aromatic N) is 6. The topological polar surface area (TPSA) is 79.2 Å². The highest BCUT2D eigenvalue weighted by atomic mass is 16.1. The molecule has 3 aromatic rings. The van der Waals surface area contributed by atoms with E-state index < -0.39 is 0 Å². The molecule has 168 valence electrons. The monoisotopic (exact) mass is 433 g/mol. The summed E-state index contributed by atoms with van der Waals surface area (Å²) in [7, 11) is 2.15. The Morgan fingerprint density at radius 1 is 1.00 bits per heavy atom. The summed E-state index contributed by atoms with van der Waals surface area (Å²) in [6, 6.07) is 20.0. The lowest BCUT2D eigenvalue weighted by Crippen LogP contribution is -2.47. The molecule has 32 heavy (non-hydrogen) atoms. The smallest absolute Gasteiger partial charge is 0.220 e. The van der Waals surface area contributed by atoms with Gasteiger partial charge in [0, 0.05) is 44.7 Å². The third-order valence-corrected chi connectivity index (χ3v) is 5.82. The highest BCUT2D eigenvalue weighted by Gasteiger charge is 2.21. The first-order chi connectivity index (χ1) is 15.7. The number of piperazine rings is 1. The highest BCUT2D eigenvalue weighted by molar-refractivity contribution is 5.76. The summed E-state index contributed by atoms with van der Waals surface area (Å²) in [6.45, 7) is 5.56. The molecule has 1 saturated heterocycles. The first-order valence-electron chi connectivity index (χ1n) is 11.3. The Hall–Kier alpha value is -3.10. The average Bonchev–Trinajstić information content (AvgIpc) is 3.30. The van der Waals surface area contributed by atoms with Gasteiger partial charge in [-0.25, -0.2) is 0 Å². The van der Waals surface area contributed by atoms with Crippen LogP contribution in [0, 0.1) is 0 Å². The third-order valence-electron chi connectivity index (χ3n) is 5.82. The summed E-state index contributed by atoms with van der Waals surface area (Å²) < 4.78 is 0. The minimum absolute atomic E-state index is 0.0127. The molecule has 8 heteroatoms. The number of amides is 1. The molecule has 4 rings (SSSR count). The lowest BCUT2D eigenvalue weighted by molar-refractivity contribution is -0.122. The van der Waals surface area contributed by atoms with E-state index in [4.69, 9.17) is 0 Å². The minimum Gasteiger partial charge on any atom is -0.348 e. The molecule has 2 heterocycles. The fraction of sp³-hybridized carbons (Fsp3) is 0.417. The standard InChI is InChI=1S/C24H31N7O/c1-29-15-17-30(18-16-29)19-22(20-9-4-2-5-10-20)25-23(32)13-8-14-31-27-24(26-28-31)21-11-6-3-7-12-21/h2-7,9-12,22H,8,13-19H2,1H3,(H,25,32). The fourth-order valence-electron chi connectivity index (χ4n) is 3.90. The molecule has 1 aliphatic rings. The number of aryl methyl sites for hydroxylation is 1. The number of tetrazole rings is 1. The maximum atomic E-state index is 12.7. The Morgan fingerprint density at radius 2 is 1.69 bits per heavy atom. The van der Waals surface area contributed by atoms with E-state index in [2.05, 4.69) is 49.7 Å². The molecule has 1 aliphatic heterocycles. The van der Waals surface area contributed by atoms with Gasteiger partial charge in [0.2, 0.25) is 11.7 Å². The Morgan fingerprint density at radius 3 is 2.41 bits per heavy atom.